The Morgan fingerprint density at radius 2 is 1.78 bits per heavy atom. The molecule has 0 saturated heterocycles. The van der Waals surface area contributed by atoms with E-state index in [-0.39, 0.29) is 0 Å². The zero-order chi connectivity index (χ0) is 13.0. The van der Waals surface area contributed by atoms with E-state index in [4.69, 9.17) is 4.74 Å². The fourth-order valence-corrected chi connectivity index (χ4v) is 1.81. The van der Waals surface area contributed by atoms with E-state index in [9.17, 15) is 4.79 Å². The fraction of sp³-hybridized carbons (Fsp3) is 0.0625. The standard InChI is InChI=1S/C16H14O2/c1-12(14-9-7-13(11-17)8-10-14)15-5-3-4-6-16(15)18-2/h3-11H,1H2,2H3. The van der Waals surface area contributed by atoms with E-state index in [1.54, 1.807) is 19.2 Å². The van der Waals surface area contributed by atoms with Crippen molar-refractivity contribution in [3.8, 4) is 5.75 Å². The number of benzene rings is 2. The van der Waals surface area contributed by atoms with E-state index in [0.717, 1.165) is 28.7 Å². The second kappa shape index (κ2) is 5.32. The Morgan fingerprint density at radius 1 is 1.11 bits per heavy atom. The number of hydrogen-bond donors (Lipinski definition) is 0. The van der Waals surface area contributed by atoms with Crippen molar-refractivity contribution in [1.82, 2.24) is 0 Å². The maximum atomic E-state index is 10.6. The van der Waals surface area contributed by atoms with Crippen LogP contribution in [0.2, 0.25) is 0 Å². The summed E-state index contributed by atoms with van der Waals surface area (Å²) in [5.74, 6) is 0.793. The molecule has 0 heterocycles. The van der Waals surface area contributed by atoms with Gasteiger partial charge in [0.15, 0.2) is 0 Å². The zero-order valence-corrected chi connectivity index (χ0v) is 10.2. The van der Waals surface area contributed by atoms with Gasteiger partial charge in [0.25, 0.3) is 0 Å². The quantitative estimate of drug-likeness (QED) is 0.761. The van der Waals surface area contributed by atoms with E-state index >= 15 is 0 Å². The van der Waals surface area contributed by atoms with Gasteiger partial charge in [-0.1, -0.05) is 49.0 Å². The lowest BCUT2D eigenvalue weighted by Gasteiger charge is -2.11. The van der Waals surface area contributed by atoms with Crippen LogP contribution in [0.5, 0.6) is 5.75 Å². The van der Waals surface area contributed by atoms with Gasteiger partial charge in [0.2, 0.25) is 0 Å². The number of carbonyl (C=O) groups excluding carboxylic acids is 1. The van der Waals surface area contributed by atoms with E-state index in [2.05, 4.69) is 6.58 Å². The van der Waals surface area contributed by atoms with Crippen molar-refractivity contribution in [2.45, 2.75) is 0 Å². The summed E-state index contributed by atoms with van der Waals surface area (Å²) >= 11 is 0. The Kier molecular flexibility index (Phi) is 3.58. The Hall–Kier alpha value is -2.35. The summed E-state index contributed by atoms with van der Waals surface area (Å²) in [4.78, 5) is 10.6. The van der Waals surface area contributed by atoms with Crippen molar-refractivity contribution in [2.24, 2.45) is 0 Å². The average Bonchev–Trinajstić information content (AvgIpc) is 2.46. The number of ether oxygens (including phenoxy) is 1. The molecule has 2 nitrogen and oxygen atoms in total. The summed E-state index contributed by atoms with van der Waals surface area (Å²) in [5.41, 5.74) is 3.47. The predicted octanol–water partition coefficient (Wildman–Crippen LogP) is 3.57. The Balaban J connectivity index is 2.38. The van der Waals surface area contributed by atoms with Crippen LogP contribution in [-0.2, 0) is 0 Å². The highest BCUT2D eigenvalue weighted by Gasteiger charge is 2.07. The van der Waals surface area contributed by atoms with E-state index in [0.29, 0.717) is 5.56 Å². The molecule has 0 aliphatic heterocycles. The van der Waals surface area contributed by atoms with Gasteiger partial charge in [-0.05, 0) is 17.2 Å². The summed E-state index contributed by atoms with van der Waals surface area (Å²) in [7, 11) is 1.64. The molecular weight excluding hydrogens is 224 g/mol. The first-order valence-corrected chi connectivity index (χ1v) is 5.64. The van der Waals surface area contributed by atoms with Crippen LogP contribution in [0.15, 0.2) is 55.1 Å². The molecule has 0 radical (unpaired) electrons. The number of methoxy groups -OCH3 is 1. The monoisotopic (exact) mass is 238 g/mol. The van der Waals surface area contributed by atoms with Gasteiger partial charge in [-0.15, -0.1) is 0 Å². The van der Waals surface area contributed by atoms with Crippen molar-refractivity contribution < 1.29 is 9.53 Å². The second-order valence-corrected chi connectivity index (χ2v) is 3.92. The van der Waals surface area contributed by atoms with Crippen LogP contribution in [-0.4, -0.2) is 13.4 Å². The fourth-order valence-electron chi connectivity index (χ4n) is 1.81. The normalized spacial score (nSPS) is 9.83. The van der Waals surface area contributed by atoms with Gasteiger partial charge in [-0.3, -0.25) is 4.79 Å². The summed E-state index contributed by atoms with van der Waals surface area (Å²) in [6.45, 7) is 4.09. The zero-order valence-electron chi connectivity index (χ0n) is 10.2. The van der Waals surface area contributed by atoms with E-state index < -0.39 is 0 Å². The lowest BCUT2D eigenvalue weighted by Crippen LogP contribution is -1.92. The first kappa shape index (κ1) is 12.1. The van der Waals surface area contributed by atoms with Crippen molar-refractivity contribution >= 4 is 11.9 Å². The number of hydrogen-bond acceptors (Lipinski definition) is 2. The highest BCUT2D eigenvalue weighted by atomic mass is 16.5. The molecule has 0 aliphatic rings. The van der Waals surface area contributed by atoms with Crippen LogP contribution in [0, 0.1) is 0 Å². The molecular formula is C16H14O2. The highest BCUT2D eigenvalue weighted by molar-refractivity contribution is 5.83. The maximum absolute atomic E-state index is 10.6. The molecule has 0 fully saturated rings. The molecule has 2 aromatic rings. The topological polar surface area (TPSA) is 26.3 Å². The Morgan fingerprint density at radius 3 is 2.39 bits per heavy atom. The van der Waals surface area contributed by atoms with Crippen molar-refractivity contribution in [3.63, 3.8) is 0 Å². The molecule has 0 aromatic heterocycles. The smallest absolute Gasteiger partial charge is 0.150 e. The first-order chi connectivity index (χ1) is 8.76. The minimum absolute atomic E-state index is 0.659. The second-order valence-electron chi connectivity index (χ2n) is 3.92. The SMILES string of the molecule is C=C(c1ccc(C=O)cc1)c1ccccc1OC. The molecule has 0 spiro atoms. The summed E-state index contributed by atoms with van der Waals surface area (Å²) < 4.78 is 5.32. The van der Waals surface area contributed by atoms with Crippen LogP contribution >= 0.6 is 0 Å². The van der Waals surface area contributed by atoms with Crippen molar-refractivity contribution in [1.29, 1.82) is 0 Å². The minimum atomic E-state index is 0.659. The molecule has 2 heteroatoms. The van der Waals surface area contributed by atoms with Crippen LogP contribution in [0.25, 0.3) is 5.57 Å². The van der Waals surface area contributed by atoms with Crippen LogP contribution in [0.4, 0.5) is 0 Å². The van der Waals surface area contributed by atoms with Gasteiger partial charge in [0, 0.05) is 11.1 Å². The third kappa shape index (κ3) is 2.33. The summed E-state index contributed by atoms with van der Waals surface area (Å²) in [6.07, 6.45) is 0.829. The molecule has 0 atom stereocenters. The molecule has 0 saturated carbocycles. The Bertz CT molecular complexity index is 568. The number of para-hydroxylation sites is 1. The van der Waals surface area contributed by atoms with Gasteiger partial charge in [0.1, 0.15) is 12.0 Å². The van der Waals surface area contributed by atoms with Crippen LogP contribution < -0.4 is 4.74 Å². The molecule has 0 amide bonds. The largest absolute Gasteiger partial charge is 0.496 e. The first-order valence-electron chi connectivity index (χ1n) is 5.64. The number of aldehydes is 1. The third-order valence-corrected chi connectivity index (χ3v) is 2.83. The molecule has 0 N–H and O–H groups in total. The molecule has 2 rings (SSSR count). The molecule has 0 unspecified atom stereocenters. The summed E-state index contributed by atoms with van der Waals surface area (Å²) in [5, 5.41) is 0. The number of carbonyl (C=O) groups is 1. The van der Waals surface area contributed by atoms with E-state index in [1.165, 1.54) is 0 Å². The van der Waals surface area contributed by atoms with Gasteiger partial charge >= 0.3 is 0 Å². The maximum Gasteiger partial charge on any atom is 0.150 e. The molecule has 2 aromatic carbocycles. The van der Waals surface area contributed by atoms with E-state index in [1.807, 2.05) is 36.4 Å². The lowest BCUT2D eigenvalue weighted by atomic mass is 9.98. The predicted molar refractivity (Wildman–Crippen MR) is 73.0 cm³/mol. The highest BCUT2D eigenvalue weighted by Crippen LogP contribution is 2.29. The average molecular weight is 238 g/mol. The van der Waals surface area contributed by atoms with Gasteiger partial charge in [0.05, 0.1) is 7.11 Å². The van der Waals surface area contributed by atoms with Crippen molar-refractivity contribution in [2.75, 3.05) is 7.11 Å². The van der Waals surface area contributed by atoms with Crippen LogP contribution in [0.3, 0.4) is 0 Å². The van der Waals surface area contributed by atoms with Crippen molar-refractivity contribution in [3.05, 3.63) is 71.8 Å². The Labute approximate surface area is 107 Å². The van der Waals surface area contributed by atoms with Gasteiger partial charge in [-0.2, -0.15) is 0 Å². The van der Waals surface area contributed by atoms with Gasteiger partial charge < -0.3 is 4.74 Å². The lowest BCUT2D eigenvalue weighted by molar-refractivity contribution is 0.112. The molecule has 0 bridgehead atoms. The molecule has 90 valence electrons. The summed E-state index contributed by atoms with van der Waals surface area (Å²) in [6, 6.07) is 15.1. The number of rotatable bonds is 4. The van der Waals surface area contributed by atoms with Crippen LogP contribution in [0.1, 0.15) is 21.5 Å². The van der Waals surface area contributed by atoms with Gasteiger partial charge in [-0.25, -0.2) is 0 Å². The molecule has 0 aliphatic carbocycles. The molecule has 18 heavy (non-hydrogen) atoms. The minimum Gasteiger partial charge on any atom is -0.496 e. The third-order valence-electron chi connectivity index (χ3n) is 2.83.